The van der Waals surface area contributed by atoms with Crippen molar-refractivity contribution in [2.24, 2.45) is 0 Å². The van der Waals surface area contributed by atoms with Gasteiger partial charge >= 0.3 is 0 Å². The summed E-state index contributed by atoms with van der Waals surface area (Å²) < 4.78 is 4.41. The van der Waals surface area contributed by atoms with Gasteiger partial charge in [0, 0.05) is 5.39 Å². The number of rotatable bonds is 0. The second-order valence-corrected chi connectivity index (χ2v) is 5.43. The molecule has 0 saturated carbocycles. The predicted octanol–water partition coefficient (Wildman–Crippen LogP) is 2.94. The molecule has 1 aliphatic rings. The fourth-order valence-corrected chi connectivity index (χ4v) is 3.20. The van der Waals surface area contributed by atoms with E-state index in [1.165, 1.54) is 11.1 Å². The molecule has 3 nitrogen and oxygen atoms in total. The number of hydrogen-bond donors (Lipinski definition) is 0. The molecule has 0 atom stereocenters. The summed E-state index contributed by atoms with van der Waals surface area (Å²) in [5.41, 5.74) is 2.46. The molecule has 0 amide bonds. The monoisotopic (exact) mass is 280 g/mol. The highest BCUT2D eigenvalue weighted by Gasteiger charge is 2.17. The first-order valence-electron chi connectivity index (χ1n) is 6.55. The van der Waals surface area contributed by atoms with Gasteiger partial charge in [-0.3, -0.25) is 9.48 Å². The molecule has 0 spiro atoms. The molecule has 2 aromatic carbocycles. The van der Waals surface area contributed by atoms with E-state index in [0.29, 0.717) is 18.5 Å². The molecule has 0 N–H and O–H groups in total. The maximum absolute atomic E-state index is 12.6. The largest absolute Gasteiger partial charge is 0.273 e. The van der Waals surface area contributed by atoms with Gasteiger partial charge < -0.3 is 0 Å². The van der Waals surface area contributed by atoms with E-state index in [1.54, 1.807) is 4.68 Å². The van der Waals surface area contributed by atoms with Crippen LogP contribution >= 0.6 is 12.2 Å². The summed E-state index contributed by atoms with van der Waals surface area (Å²) in [6, 6.07) is 15.8. The molecule has 0 saturated heterocycles. The second-order valence-electron chi connectivity index (χ2n) is 5.04. The number of nitrogens with zero attached hydrogens (tertiary/aromatic N) is 2. The molecule has 20 heavy (non-hydrogen) atoms. The third-order valence-electron chi connectivity index (χ3n) is 3.91. The van der Waals surface area contributed by atoms with Crippen LogP contribution < -0.4 is 5.56 Å². The lowest BCUT2D eigenvalue weighted by atomic mass is 10.1. The molecule has 1 aliphatic heterocycles. The SMILES string of the molecule is O=c1c2ccccc2c(=S)n2n1Cc1ccccc1C2. The maximum Gasteiger partial charge on any atom is 0.273 e. The van der Waals surface area contributed by atoms with E-state index in [2.05, 4.69) is 12.1 Å². The molecule has 0 fully saturated rings. The molecule has 3 aromatic rings. The number of fused-ring (bicyclic) bond motifs is 3. The van der Waals surface area contributed by atoms with Crippen LogP contribution in [0.15, 0.2) is 53.3 Å². The molecule has 98 valence electrons. The number of aromatic nitrogens is 2. The Bertz CT molecular complexity index is 875. The summed E-state index contributed by atoms with van der Waals surface area (Å²) >= 11 is 5.57. The zero-order valence-corrected chi connectivity index (χ0v) is 11.6. The van der Waals surface area contributed by atoms with Crippen molar-refractivity contribution in [2.75, 3.05) is 0 Å². The van der Waals surface area contributed by atoms with Crippen LogP contribution in [0.1, 0.15) is 11.1 Å². The van der Waals surface area contributed by atoms with E-state index >= 15 is 0 Å². The van der Waals surface area contributed by atoms with Gasteiger partial charge in [-0.25, -0.2) is 4.68 Å². The van der Waals surface area contributed by atoms with Crippen molar-refractivity contribution in [1.29, 1.82) is 0 Å². The molecule has 0 radical (unpaired) electrons. The van der Waals surface area contributed by atoms with Crippen LogP contribution in [0.25, 0.3) is 10.8 Å². The van der Waals surface area contributed by atoms with Crippen LogP contribution in [0, 0.1) is 4.64 Å². The van der Waals surface area contributed by atoms with E-state index in [-0.39, 0.29) is 5.56 Å². The Labute approximate surface area is 120 Å². The third kappa shape index (κ3) is 1.51. The summed E-state index contributed by atoms with van der Waals surface area (Å²) in [6.45, 7) is 1.25. The average molecular weight is 280 g/mol. The van der Waals surface area contributed by atoms with Crippen molar-refractivity contribution in [3.8, 4) is 0 Å². The van der Waals surface area contributed by atoms with Crippen molar-refractivity contribution in [3.63, 3.8) is 0 Å². The van der Waals surface area contributed by atoms with Gasteiger partial charge in [0.05, 0.1) is 18.5 Å². The van der Waals surface area contributed by atoms with Crippen LogP contribution in [-0.4, -0.2) is 9.36 Å². The minimum atomic E-state index is 0.0312. The molecule has 1 aromatic heterocycles. The summed E-state index contributed by atoms with van der Waals surface area (Å²) in [4.78, 5) is 12.6. The first kappa shape index (κ1) is 11.6. The Hall–Kier alpha value is -2.20. The van der Waals surface area contributed by atoms with Crippen molar-refractivity contribution in [3.05, 3.63) is 74.7 Å². The highest BCUT2D eigenvalue weighted by atomic mass is 32.1. The van der Waals surface area contributed by atoms with Crippen LogP contribution in [0.4, 0.5) is 0 Å². The molecule has 0 bridgehead atoms. The second kappa shape index (κ2) is 4.15. The van der Waals surface area contributed by atoms with Crippen LogP contribution in [0.2, 0.25) is 0 Å². The summed E-state index contributed by atoms with van der Waals surface area (Å²) in [6.07, 6.45) is 0. The zero-order chi connectivity index (χ0) is 13.7. The Morgan fingerprint density at radius 3 is 2.05 bits per heavy atom. The molecule has 0 aliphatic carbocycles. The number of hydrogen-bond acceptors (Lipinski definition) is 2. The van der Waals surface area contributed by atoms with E-state index in [9.17, 15) is 4.79 Å². The van der Waals surface area contributed by atoms with Gasteiger partial charge in [-0.15, -0.1) is 0 Å². The molecular weight excluding hydrogens is 268 g/mol. The van der Waals surface area contributed by atoms with Crippen molar-refractivity contribution in [1.82, 2.24) is 9.36 Å². The highest BCUT2D eigenvalue weighted by molar-refractivity contribution is 7.71. The van der Waals surface area contributed by atoms with Gasteiger partial charge in [-0.1, -0.05) is 54.7 Å². The highest BCUT2D eigenvalue weighted by Crippen LogP contribution is 2.20. The van der Waals surface area contributed by atoms with E-state index in [4.69, 9.17) is 12.2 Å². The Balaban J connectivity index is 2.10. The topological polar surface area (TPSA) is 26.9 Å². The van der Waals surface area contributed by atoms with Gasteiger partial charge in [0.2, 0.25) is 0 Å². The normalized spacial score (nSPS) is 13.0. The van der Waals surface area contributed by atoms with Gasteiger partial charge in [0.25, 0.3) is 5.56 Å². The number of benzene rings is 2. The fourth-order valence-electron chi connectivity index (χ4n) is 2.86. The van der Waals surface area contributed by atoms with E-state index in [1.807, 2.05) is 41.1 Å². The van der Waals surface area contributed by atoms with Gasteiger partial charge in [0.1, 0.15) is 4.64 Å². The summed E-state index contributed by atoms with van der Waals surface area (Å²) in [5, 5.41) is 1.57. The van der Waals surface area contributed by atoms with E-state index < -0.39 is 0 Å². The minimum Gasteiger partial charge on any atom is -0.267 e. The molecule has 0 unspecified atom stereocenters. The van der Waals surface area contributed by atoms with Crippen LogP contribution in [-0.2, 0) is 13.1 Å². The molecule has 2 heterocycles. The lowest BCUT2D eigenvalue weighted by Crippen LogP contribution is -2.34. The van der Waals surface area contributed by atoms with Crippen LogP contribution in [0.5, 0.6) is 0 Å². The van der Waals surface area contributed by atoms with Gasteiger partial charge in [-0.05, 0) is 17.2 Å². The first-order valence-corrected chi connectivity index (χ1v) is 6.96. The standard InChI is InChI=1S/C16H12N2OS/c19-15-13-7-3-4-8-14(13)16(20)18-10-12-6-2-1-5-11(12)9-17(15)18/h1-8H,9-10H2. The predicted molar refractivity (Wildman–Crippen MR) is 81.7 cm³/mol. The lowest BCUT2D eigenvalue weighted by Gasteiger charge is -2.24. The van der Waals surface area contributed by atoms with Crippen molar-refractivity contribution < 1.29 is 0 Å². The van der Waals surface area contributed by atoms with E-state index in [0.717, 1.165) is 10.0 Å². The van der Waals surface area contributed by atoms with Gasteiger partial charge in [0.15, 0.2) is 0 Å². The smallest absolute Gasteiger partial charge is 0.267 e. The Morgan fingerprint density at radius 2 is 1.35 bits per heavy atom. The minimum absolute atomic E-state index is 0.0312. The Kier molecular flexibility index (Phi) is 2.41. The molecule has 4 rings (SSSR count). The summed E-state index contributed by atoms with van der Waals surface area (Å²) in [7, 11) is 0. The first-order chi connectivity index (χ1) is 9.75. The fraction of sp³-hybridized carbons (Fsp3) is 0.125. The summed E-state index contributed by atoms with van der Waals surface area (Å²) in [5.74, 6) is 0. The van der Waals surface area contributed by atoms with Crippen molar-refractivity contribution >= 4 is 23.0 Å². The van der Waals surface area contributed by atoms with Gasteiger partial charge in [-0.2, -0.15) is 0 Å². The third-order valence-corrected chi connectivity index (χ3v) is 4.34. The molecular formula is C16H12N2OS. The lowest BCUT2D eigenvalue weighted by molar-refractivity contribution is 0.453. The van der Waals surface area contributed by atoms with Crippen molar-refractivity contribution in [2.45, 2.75) is 13.1 Å². The average Bonchev–Trinajstić information content (AvgIpc) is 2.51. The Morgan fingerprint density at radius 1 is 0.800 bits per heavy atom. The quantitative estimate of drug-likeness (QED) is 0.463. The molecule has 4 heteroatoms. The zero-order valence-electron chi connectivity index (χ0n) is 10.7. The maximum atomic E-state index is 12.6. The van der Waals surface area contributed by atoms with Crippen LogP contribution in [0.3, 0.4) is 0 Å².